The number of nitrogens with zero attached hydrogens (tertiary/aromatic N) is 1. The third-order valence-electron chi connectivity index (χ3n) is 6.63. The molecule has 7 nitrogen and oxygen atoms in total. The van der Waals surface area contributed by atoms with Gasteiger partial charge < -0.3 is 0 Å². The Morgan fingerprint density at radius 1 is 0.718 bits per heavy atom. The summed E-state index contributed by atoms with van der Waals surface area (Å²) < 4.78 is 72.8. The van der Waals surface area contributed by atoms with Crippen molar-refractivity contribution in [3.8, 4) is 0 Å². The van der Waals surface area contributed by atoms with Gasteiger partial charge in [0.2, 0.25) is 0 Å². The molecule has 0 bridgehead atoms. The molecule has 10 heteroatoms. The van der Waals surface area contributed by atoms with Gasteiger partial charge in [-0.3, -0.25) is 4.90 Å². The molecule has 3 aromatic rings. The maximum atomic E-state index is 12.2. The van der Waals surface area contributed by atoms with Gasteiger partial charge in [-0.15, -0.1) is 0 Å². The molecule has 0 aliphatic carbocycles. The van der Waals surface area contributed by atoms with Crippen LogP contribution in [0.2, 0.25) is 0 Å². The van der Waals surface area contributed by atoms with E-state index in [0.717, 1.165) is 42.2 Å². The number of benzene rings is 3. The van der Waals surface area contributed by atoms with Gasteiger partial charge in [0.1, 0.15) is 0 Å². The minimum atomic E-state index is -3.43. The van der Waals surface area contributed by atoms with Gasteiger partial charge in [-0.05, 0) is 70.7 Å². The lowest BCUT2D eigenvalue weighted by atomic mass is 9.96. The zero-order valence-corrected chi connectivity index (χ0v) is 24.5. The Balaban J connectivity index is 1.65. The summed E-state index contributed by atoms with van der Waals surface area (Å²) in [4.78, 5) is 2.88. The van der Waals surface area contributed by atoms with E-state index in [2.05, 4.69) is 11.0 Å². The van der Waals surface area contributed by atoms with Crippen molar-refractivity contribution in [3.05, 3.63) is 102 Å². The third kappa shape index (κ3) is 7.33. The van der Waals surface area contributed by atoms with Crippen molar-refractivity contribution in [2.24, 2.45) is 0 Å². The van der Waals surface area contributed by atoms with E-state index in [1.54, 1.807) is 54.6 Å². The van der Waals surface area contributed by atoms with Crippen LogP contribution in [0.4, 0.5) is 0 Å². The van der Waals surface area contributed by atoms with Gasteiger partial charge in [0.05, 0.1) is 14.7 Å². The quantitative estimate of drug-likeness (QED) is 0.392. The summed E-state index contributed by atoms with van der Waals surface area (Å²) in [5, 5.41) is 0. The summed E-state index contributed by atoms with van der Waals surface area (Å²) in [6, 6.07) is 20.3. The molecule has 1 aliphatic heterocycles. The van der Waals surface area contributed by atoms with Crippen LogP contribution < -0.4 is 0 Å². The number of rotatable bonds is 8. The van der Waals surface area contributed by atoms with E-state index in [9.17, 15) is 25.3 Å². The first-order valence-corrected chi connectivity index (χ1v) is 17.9. The number of sulfone groups is 3. The van der Waals surface area contributed by atoms with Gasteiger partial charge in [-0.2, -0.15) is 0 Å². The second-order valence-corrected chi connectivity index (χ2v) is 15.8. The summed E-state index contributed by atoms with van der Waals surface area (Å²) >= 11 is 0. The maximum absolute atomic E-state index is 12.2. The predicted molar refractivity (Wildman–Crippen MR) is 155 cm³/mol. The molecule has 4 rings (SSSR count). The van der Waals surface area contributed by atoms with Gasteiger partial charge in [0.15, 0.2) is 29.5 Å². The van der Waals surface area contributed by atoms with Crippen LogP contribution in [0.25, 0.3) is 11.1 Å². The van der Waals surface area contributed by atoms with Crippen molar-refractivity contribution in [2.45, 2.75) is 21.1 Å². The van der Waals surface area contributed by atoms with Gasteiger partial charge in [-0.1, -0.05) is 48.6 Å². The molecule has 0 radical (unpaired) electrons. The fourth-order valence-electron chi connectivity index (χ4n) is 4.48. The molecule has 0 aromatic heterocycles. The smallest absolute Gasteiger partial charge is 0.175 e. The summed E-state index contributed by atoms with van der Waals surface area (Å²) in [7, 11) is -10.2. The van der Waals surface area contributed by atoms with Crippen molar-refractivity contribution < 1.29 is 25.3 Å². The zero-order valence-electron chi connectivity index (χ0n) is 22.0. The van der Waals surface area contributed by atoms with E-state index in [-0.39, 0.29) is 9.79 Å². The molecule has 1 heterocycles. The normalized spacial score (nSPS) is 15.0. The average Bonchev–Trinajstić information content (AvgIpc) is 2.88. The van der Waals surface area contributed by atoms with Gasteiger partial charge in [0.25, 0.3) is 0 Å². The molecule has 0 fully saturated rings. The molecule has 39 heavy (non-hydrogen) atoms. The molecule has 206 valence electrons. The molecule has 0 spiro atoms. The Hall–Kier alpha value is -3.05. The van der Waals surface area contributed by atoms with Crippen molar-refractivity contribution in [2.75, 3.05) is 38.4 Å². The molecule has 1 aliphatic rings. The lowest BCUT2D eigenvalue weighted by Gasteiger charge is -2.26. The van der Waals surface area contributed by atoms with Crippen molar-refractivity contribution in [1.82, 2.24) is 4.90 Å². The predicted octanol–water partition coefficient (Wildman–Crippen LogP) is 4.12. The van der Waals surface area contributed by atoms with Crippen LogP contribution in [0, 0.1) is 0 Å². The molecular formula is C29H31NO6S3. The van der Waals surface area contributed by atoms with E-state index in [4.69, 9.17) is 0 Å². The highest BCUT2D eigenvalue weighted by molar-refractivity contribution is 7.91. The van der Waals surface area contributed by atoms with Crippen molar-refractivity contribution in [1.29, 1.82) is 0 Å². The zero-order chi connectivity index (χ0) is 28.4. The second-order valence-electron chi connectivity index (χ2n) is 9.76. The second kappa shape index (κ2) is 11.2. The highest BCUT2D eigenvalue weighted by Crippen LogP contribution is 2.29. The standard InChI is InChI=1S/C29H31NO6S3/c1-37(31,32)26-10-4-7-23(19-26)22-13-16-30(17-14-22)18-15-29(24-8-5-11-27(20-24)38(2,33)34)25-9-6-12-28(21-25)39(3,35)36/h4-13,15,19-21H,14,16-18H2,1-3H3. The van der Waals surface area contributed by atoms with E-state index < -0.39 is 29.5 Å². The van der Waals surface area contributed by atoms with E-state index in [1.807, 2.05) is 24.3 Å². The molecule has 0 saturated carbocycles. The lowest BCUT2D eigenvalue weighted by Crippen LogP contribution is -2.28. The van der Waals surface area contributed by atoms with Crippen LogP contribution in [-0.2, 0) is 29.5 Å². The van der Waals surface area contributed by atoms with Crippen LogP contribution in [0.5, 0.6) is 0 Å². The van der Waals surface area contributed by atoms with Crippen LogP contribution >= 0.6 is 0 Å². The molecule has 0 saturated heterocycles. The van der Waals surface area contributed by atoms with E-state index in [1.165, 1.54) is 6.26 Å². The molecule has 0 N–H and O–H groups in total. The van der Waals surface area contributed by atoms with Crippen molar-refractivity contribution >= 4 is 40.7 Å². The maximum Gasteiger partial charge on any atom is 0.175 e. The van der Waals surface area contributed by atoms with E-state index in [0.29, 0.717) is 29.1 Å². The van der Waals surface area contributed by atoms with Gasteiger partial charge in [0, 0.05) is 38.4 Å². The molecule has 0 amide bonds. The average molecular weight is 586 g/mol. The summed E-state index contributed by atoms with van der Waals surface area (Å²) in [6.45, 7) is 1.94. The van der Waals surface area contributed by atoms with Crippen LogP contribution in [0.15, 0.2) is 99.6 Å². The Morgan fingerprint density at radius 3 is 1.67 bits per heavy atom. The Labute approximate surface area is 231 Å². The van der Waals surface area contributed by atoms with Gasteiger partial charge in [-0.25, -0.2) is 25.3 Å². The Bertz CT molecular complexity index is 1710. The minimum Gasteiger partial charge on any atom is -0.296 e. The first kappa shape index (κ1) is 28.9. The Kier molecular flexibility index (Phi) is 8.32. The lowest BCUT2D eigenvalue weighted by molar-refractivity contribution is 0.335. The SMILES string of the molecule is CS(=O)(=O)c1cccc(C2=CCN(CC=C(c3cccc(S(C)(=O)=O)c3)c3cccc(S(C)(=O)=O)c3)CC2)c1. The van der Waals surface area contributed by atoms with Crippen LogP contribution in [-0.4, -0.2) is 68.6 Å². The number of hydrogen-bond donors (Lipinski definition) is 0. The monoisotopic (exact) mass is 585 g/mol. The fourth-order valence-corrected chi connectivity index (χ4v) is 6.48. The molecule has 0 atom stereocenters. The third-order valence-corrected chi connectivity index (χ3v) is 9.96. The van der Waals surface area contributed by atoms with Crippen LogP contribution in [0.3, 0.4) is 0 Å². The topological polar surface area (TPSA) is 106 Å². The molecular weight excluding hydrogens is 555 g/mol. The first-order valence-electron chi connectivity index (χ1n) is 12.2. The number of hydrogen-bond acceptors (Lipinski definition) is 7. The largest absolute Gasteiger partial charge is 0.296 e. The van der Waals surface area contributed by atoms with Gasteiger partial charge >= 0.3 is 0 Å². The van der Waals surface area contributed by atoms with E-state index >= 15 is 0 Å². The summed E-state index contributed by atoms with van der Waals surface area (Å²) in [5.74, 6) is 0. The molecule has 3 aromatic carbocycles. The highest BCUT2D eigenvalue weighted by atomic mass is 32.2. The summed E-state index contributed by atoms with van der Waals surface area (Å²) in [5.41, 5.74) is 4.07. The van der Waals surface area contributed by atoms with Crippen molar-refractivity contribution in [3.63, 3.8) is 0 Å². The fraction of sp³-hybridized carbons (Fsp3) is 0.241. The summed E-state index contributed by atoms with van der Waals surface area (Å²) in [6.07, 6.45) is 8.33. The Morgan fingerprint density at radius 2 is 1.21 bits per heavy atom. The van der Waals surface area contributed by atoms with Crippen LogP contribution in [0.1, 0.15) is 23.1 Å². The minimum absolute atomic E-state index is 0.187. The first-order chi connectivity index (χ1) is 18.2. The highest BCUT2D eigenvalue weighted by Gasteiger charge is 2.17. The molecule has 0 unspecified atom stereocenters.